The van der Waals surface area contributed by atoms with Crippen LogP contribution >= 0.6 is 0 Å². The van der Waals surface area contributed by atoms with Gasteiger partial charge in [-0.1, -0.05) is 11.2 Å². The van der Waals surface area contributed by atoms with E-state index in [9.17, 15) is 4.79 Å². The molecule has 0 spiro atoms. The van der Waals surface area contributed by atoms with Crippen molar-refractivity contribution >= 4 is 17.7 Å². The van der Waals surface area contributed by atoms with Gasteiger partial charge in [0.2, 0.25) is 11.9 Å². The molecule has 11 nitrogen and oxygen atoms in total. The molecule has 2 aliphatic rings. The Morgan fingerprint density at radius 2 is 1.91 bits per heavy atom. The maximum absolute atomic E-state index is 12.3. The van der Waals surface area contributed by atoms with Crippen LogP contribution in [-0.4, -0.2) is 60.4 Å². The number of nitrogens with one attached hydrogen (secondary N) is 1. The van der Waals surface area contributed by atoms with Gasteiger partial charge in [0.05, 0.1) is 42.0 Å². The average Bonchev–Trinajstić information content (AvgIpc) is 3.58. The second kappa shape index (κ2) is 8.58. The summed E-state index contributed by atoms with van der Waals surface area (Å²) in [7, 11) is 1.80. The molecule has 0 aliphatic carbocycles. The van der Waals surface area contributed by atoms with Gasteiger partial charge in [0, 0.05) is 31.9 Å². The first kappa shape index (κ1) is 21.4. The van der Waals surface area contributed by atoms with Crippen molar-refractivity contribution in [2.24, 2.45) is 0 Å². The van der Waals surface area contributed by atoms with Crippen LogP contribution in [0.3, 0.4) is 0 Å². The minimum Gasteiger partial charge on any atom is -0.370 e. The molecule has 2 aliphatic heterocycles. The number of hydrogen-bond donors (Lipinski definition) is 1. The van der Waals surface area contributed by atoms with Crippen molar-refractivity contribution in [3.05, 3.63) is 54.0 Å². The third-order valence-corrected chi connectivity index (χ3v) is 6.28. The number of likely N-dealkylation sites (N-methyl/N-ethyl adjacent to an activating group) is 1. The first-order valence-electron chi connectivity index (χ1n) is 11.5. The first-order valence-corrected chi connectivity index (χ1v) is 11.5. The van der Waals surface area contributed by atoms with Crippen molar-refractivity contribution in [2.75, 3.05) is 18.9 Å². The summed E-state index contributed by atoms with van der Waals surface area (Å²) in [5.41, 5.74) is 3.55. The largest absolute Gasteiger partial charge is 0.370 e. The monoisotopic (exact) mass is 472 g/mol. The molecule has 1 amide bonds. The van der Waals surface area contributed by atoms with Crippen LogP contribution in [0.2, 0.25) is 0 Å². The quantitative estimate of drug-likeness (QED) is 0.467. The highest BCUT2D eigenvalue weighted by molar-refractivity contribution is 5.85. The fourth-order valence-electron chi connectivity index (χ4n) is 4.37. The van der Waals surface area contributed by atoms with Gasteiger partial charge >= 0.3 is 0 Å². The fraction of sp³-hybridized carbons (Fsp3) is 0.333. The Hall–Kier alpha value is -4.12. The number of pyridine rings is 1. The molecule has 178 valence electrons. The van der Waals surface area contributed by atoms with Gasteiger partial charge in [0.15, 0.2) is 5.82 Å². The van der Waals surface area contributed by atoms with E-state index in [0.29, 0.717) is 60.0 Å². The van der Waals surface area contributed by atoms with Crippen molar-refractivity contribution < 1.29 is 14.1 Å². The normalized spacial score (nSPS) is 19.7. The molecule has 0 radical (unpaired) electrons. The predicted molar refractivity (Wildman–Crippen MR) is 126 cm³/mol. The smallest absolute Gasteiger partial charge is 0.233 e. The van der Waals surface area contributed by atoms with Gasteiger partial charge in [-0.3, -0.25) is 9.48 Å². The highest BCUT2D eigenvalue weighted by Crippen LogP contribution is 2.31. The second-order valence-corrected chi connectivity index (χ2v) is 8.84. The number of carbonyl (C=O) groups is 1. The first-order chi connectivity index (χ1) is 17.0. The van der Waals surface area contributed by atoms with Gasteiger partial charge in [-0.15, -0.1) is 0 Å². The van der Waals surface area contributed by atoms with Gasteiger partial charge < -0.3 is 19.5 Å². The van der Waals surface area contributed by atoms with Crippen molar-refractivity contribution in [2.45, 2.75) is 38.5 Å². The number of rotatable bonds is 5. The standard InChI is InChI=1S/C24H24N8O3/c1-14-12-32-15(13-34-14)10-22(29-32)28-24-25-8-6-19(27-24)17-4-3-5-18(26-17)20-11-21(35-30-20)16-7-9-31(2)23(16)33/h3-6,8,10-11,14,16H,7,9,12-13H2,1-2H3,(H,25,27,28,29)/t14-,16+/m1/s1. The molecule has 6 heterocycles. The topological polar surface area (TPSA) is 124 Å². The molecular weight excluding hydrogens is 448 g/mol. The Bertz CT molecular complexity index is 1400. The van der Waals surface area contributed by atoms with Crippen LogP contribution in [-0.2, 0) is 22.7 Å². The van der Waals surface area contributed by atoms with E-state index in [4.69, 9.17) is 14.2 Å². The molecule has 11 heteroatoms. The Morgan fingerprint density at radius 3 is 2.74 bits per heavy atom. The van der Waals surface area contributed by atoms with Crippen molar-refractivity contribution in [1.29, 1.82) is 0 Å². The zero-order valence-corrected chi connectivity index (χ0v) is 19.4. The third-order valence-electron chi connectivity index (χ3n) is 6.28. The maximum atomic E-state index is 12.3. The maximum Gasteiger partial charge on any atom is 0.233 e. The van der Waals surface area contributed by atoms with Crippen LogP contribution in [0.1, 0.15) is 30.7 Å². The SMILES string of the molecule is C[C@@H]1Cn2nc(Nc3nccc(-c4cccc(-c5cc([C@@H]6CCN(C)C6=O)on5)n4)n3)cc2CO1. The molecule has 0 unspecified atom stereocenters. The van der Waals surface area contributed by atoms with Gasteiger partial charge in [-0.05, 0) is 31.5 Å². The number of carbonyl (C=O) groups excluding carboxylic acids is 1. The number of aromatic nitrogens is 6. The van der Waals surface area contributed by atoms with Crippen LogP contribution in [0.25, 0.3) is 22.8 Å². The van der Waals surface area contributed by atoms with Crippen LogP contribution < -0.4 is 5.32 Å². The lowest BCUT2D eigenvalue weighted by atomic mass is 10.0. The summed E-state index contributed by atoms with van der Waals surface area (Å²) in [6, 6.07) is 11.2. The molecule has 2 atom stereocenters. The summed E-state index contributed by atoms with van der Waals surface area (Å²) in [5, 5.41) is 11.9. The summed E-state index contributed by atoms with van der Waals surface area (Å²) in [4.78, 5) is 27.7. The third kappa shape index (κ3) is 4.14. The lowest BCUT2D eigenvalue weighted by molar-refractivity contribution is -0.128. The zero-order chi connectivity index (χ0) is 23.9. The van der Waals surface area contributed by atoms with E-state index in [1.807, 2.05) is 35.9 Å². The number of amides is 1. The van der Waals surface area contributed by atoms with Gasteiger partial charge in [0.25, 0.3) is 0 Å². The second-order valence-electron chi connectivity index (χ2n) is 8.84. The summed E-state index contributed by atoms with van der Waals surface area (Å²) in [5.74, 6) is 1.42. The molecule has 4 aromatic heterocycles. The minimum absolute atomic E-state index is 0.0519. The molecule has 4 aromatic rings. The lowest BCUT2D eigenvalue weighted by Crippen LogP contribution is -2.24. The van der Waals surface area contributed by atoms with Crippen molar-refractivity contribution in [3.63, 3.8) is 0 Å². The van der Waals surface area contributed by atoms with Gasteiger partial charge in [-0.2, -0.15) is 5.10 Å². The molecule has 35 heavy (non-hydrogen) atoms. The van der Waals surface area contributed by atoms with Gasteiger partial charge in [-0.25, -0.2) is 15.0 Å². The number of anilines is 2. The van der Waals surface area contributed by atoms with E-state index in [0.717, 1.165) is 12.1 Å². The highest BCUT2D eigenvalue weighted by atomic mass is 16.5. The number of nitrogens with zero attached hydrogens (tertiary/aromatic N) is 7. The van der Waals surface area contributed by atoms with E-state index < -0.39 is 0 Å². The Morgan fingerprint density at radius 1 is 1.09 bits per heavy atom. The Balaban J connectivity index is 1.23. The lowest BCUT2D eigenvalue weighted by Gasteiger charge is -2.20. The molecule has 1 fully saturated rings. The summed E-state index contributed by atoms with van der Waals surface area (Å²) < 4.78 is 13.1. The molecular formula is C24H24N8O3. The predicted octanol–water partition coefficient (Wildman–Crippen LogP) is 3.00. The van der Waals surface area contributed by atoms with Crippen LogP contribution in [0, 0.1) is 0 Å². The Kier molecular flexibility index (Phi) is 5.25. The Labute approximate surface area is 201 Å². The van der Waals surface area contributed by atoms with E-state index in [-0.39, 0.29) is 17.9 Å². The van der Waals surface area contributed by atoms with Crippen molar-refractivity contribution in [3.8, 4) is 22.8 Å². The van der Waals surface area contributed by atoms with E-state index in [1.54, 1.807) is 30.3 Å². The fourth-order valence-corrected chi connectivity index (χ4v) is 4.37. The molecule has 0 aromatic carbocycles. The molecule has 0 bridgehead atoms. The van der Waals surface area contributed by atoms with E-state index in [1.165, 1.54) is 0 Å². The van der Waals surface area contributed by atoms with Gasteiger partial charge in [0.1, 0.15) is 17.4 Å². The summed E-state index contributed by atoms with van der Waals surface area (Å²) >= 11 is 0. The summed E-state index contributed by atoms with van der Waals surface area (Å²) in [6.07, 6.45) is 2.53. The minimum atomic E-state index is -0.289. The van der Waals surface area contributed by atoms with Crippen molar-refractivity contribution in [1.82, 2.24) is 34.8 Å². The number of ether oxygens (including phenoxy) is 1. The van der Waals surface area contributed by atoms with Crippen LogP contribution in [0.15, 0.2) is 47.1 Å². The molecule has 0 saturated carbocycles. The van der Waals surface area contributed by atoms with Crippen LogP contribution in [0.4, 0.5) is 11.8 Å². The summed E-state index contributed by atoms with van der Waals surface area (Å²) in [6.45, 7) is 3.98. The molecule has 1 N–H and O–H groups in total. The number of hydrogen-bond acceptors (Lipinski definition) is 9. The zero-order valence-electron chi connectivity index (χ0n) is 19.4. The van der Waals surface area contributed by atoms with Crippen LogP contribution in [0.5, 0.6) is 0 Å². The molecule has 1 saturated heterocycles. The average molecular weight is 473 g/mol. The number of fused-ring (bicyclic) bond motifs is 1. The highest BCUT2D eigenvalue weighted by Gasteiger charge is 2.33. The number of likely N-dealkylation sites (tertiary alicyclic amines) is 1. The van der Waals surface area contributed by atoms with E-state index in [2.05, 4.69) is 25.5 Å². The van der Waals surface area contributed by atoms with E-state index >= 15 is 0 Å². The molecule has 6 rings (SSSR count).